The summed E-state index contributed by atoms with van der Waals surface area (Å²) in [6, 6.07) is 2.99. The zero-order valence-corrected chi connectivity index (χ0v) is 11.9. The van der Waals surface area contributed by atoms with Crippen molar-refractivity contribution >= 4 is 22.8 Å². The van der Waals surface area contributed by atoms with E-state index in [1.165, 1.54) is 24.7 Å². The van der Waals surface area contributed by atoms with Gasteiger partial charge in [-0.05, 0) is 18.9 Å². The molecule has 116 valence electrons. The quantitative estimate of drug-likeness (QED) is 0.743. The van der Waals surface area contributed by atoms with E-state index in [-0.39, 0.29) is 29.2 Å². The number of carboxylic acids is 1. The number of pyridine rings is 1. The lowest BCUT2D eigenvalue weighted by atomic mass is 10.3. The van der Waals surface area contributed by atoms with Gasteiger partial charge in [-0.15, -0.1) is 5.10 Å². The van der Waals surface area contributed by atoms with Crippen molar-refractivity contribution in [1.82, 2.24) is 24.7 Å². The number of hydrogen-bond donors (Lipinski definition) is 2. The summed E-state index contributed by atoms with van der Waals surface area (Å²) in [5.41, 5.74) is 6.60. The zero-order chi connectivity index (χ0) is 16.0. The van der Waals surface area contributed by atoms with Crippen molar-refractivity contribution in [3.8, 4) is 11.8 Å². The number of aromatic carboxylic acids is 1. The van der Waals surface area contributed by atoms with Crippen LogP contribution < -0.4 is 10.5 Å². The standard InChI is InChI=1S/C14H12N6O3/c15-11-10-12(18-6-17-11)20(8-1-2-8)19-13(10)23-9-5-7(14(21)22)3-4-16-9/h3-6,8H,1-2H2,(H,21,22)(H2,15,17,18). The summed E-state index contributed by atoms with van der Waals surface area (Å²) >= 11 is 0. The van der Waals surface area contributed by atoms with Crippen molar-refractivity contribution < 1.29 is 14.6 Å². The number of ether oxygens (including phenoxy) is 1. The van der Waals surface area contributed by atoms with E-state index in [4.69, 9.17) is 15.6 Å². The van der Waals surface area contributed by atoms with Crippen LogP contribution >= 0.6 is 0 Å². The number of hydrogen-bond acceptors (Lipinski definition) is 7. The van der Waals surface area contributed by atoms with E-state index in [0.717, 1.165) is 12.8 Å². The largest absolute Gasteiger partial charge is 0.478 e. The number of nitrogens with two attached hydrogens (primary N) is 1. The number of fused-ring (bicyclic) bond motifs is 1. The fraction of sp³-hybridized carbons (Fsp3) is 0.214. The maximum atomic E-state index is 11.0. The van der Waals surface area contributed by atoms with E-state index in [1.807, 2.05) is 0 Å². The van der Waals surface area contributed by atoms with E-state index in [0.29, 0.717) is 11.0 Å². The number of rotatable bonds is 4. The third kappa shape index (κ3) is 2.31. The van der Waals surface area contributed by atoms with Crippen LogP contribution in [0.2, 0.25) is 0 Å². The molecule has 9 heteroatoms. The second-order valence-corrected chi connectivity index (χ2v) is 5.23. The summed E-state index contributed by atoms with van der Waals surface area (Å²) in [6.45, 7) is 0. The second-order valence-electron chi connectivity index (χ2n) is 5.23. The van der Waals surface area contributed by atoms with Crippen molar-refractivity contribution in [3.63, 3.8) is 0 Å². The summed E-state index contributed by atoms with van der Waals surface area (Å²) in [5, 5.41) is 13.9. The molecule has 0 spiro atoms. The molecule has 23 heavy (non-hydrogen) atoms. The Hall–Kier alpha value is -3.23. The fourth-order valence-corrected chi connectivity index (χ4v) is 2.31. The summed E-state index contributed by atoms with van der Waals surface area (Å²) in [6.07, 6.45) is 4.78. The van der Waals surface area contributed by atoms with Gasteiger partial charge in [0.05, 0.1) is 11.6 Å². The minimum atomic E-state index is -1.06. The van der Waals surface area contributed by atoms with Crippen molar-refractivity contribution in [1.29, 1.82) is 0 Å². The molecule has 1 fully saturated rings. The Bertz CT molecular complexity index is 918. The van der Waals surface area contributed by atoms with Crippen LogP contribution in [-0.4, -0.2) is 35.8 Å². The Balaban J connectivity index is 1.80. The van der Waals surface area contributed by atoms with E-state index in [9.17, 15) is 4.79 Å². The van der Waals surface area contributed by atoms with Crippen molar-refractivity contribution in [2.24, 2.45) is 0 Å². The van der Waals surface area contributed by atoms with Crippen LogP contribution in [0.5, 0.6) is 11.8 Å². The van der Waals surface area contributed by atoms with Crippen LogP contribution in [-0.2, 0) is 0 Å². The molecule has 1 aliphatic rings. The van der Waals surface area contributed by atoms with Gasteiger partial charge in [0.1, 0.15) is 17.5 Å². The van der Waals surface area contributed by atoms with Gasteiger partial charge in [0.25, 0.3) is 5.88 Å². The average Bonchev–Trinajstić information content (AvgIpc) is 3.31. The van der Waals surface area contributed by atoms with Crippen LogP contribution in [0.15, 0.2) is 24.7 Å². The van der Waals surface area contributed by atoms with Crippen LogP contribution in [0, 0.1) is 0 Å². The first-order chi connectivity index (χ1) is 11.1. The molecule has 3 aromatic rings. The fourth-order valence-electron chi connectivity index (χ4n) is 2.31. The summed E-state index contributed by atoms with van der Waals surface area (Å²) in [4.78, 5) is 23.2. The number of nitrogens with zero attached hydrogens (tertiary/aromatic N) is 5. The van der Waals surface area contributed by atoms with Crippen LogP contribution in [0.3, 0.4) is 0 Å². The van der Waals surface area contributed by atoms with Gasteiger partial charge in [0.15, 0.2) is 5.65 Å². The van der Waals surface area contributed by atoms with Crippen molar-refractivity contribution in [2.75, 3.05) is 5.73 Å². The number of aromatic nitrogens is 5. The summed E-state index contributed by atoms with van der Waals surface area (Å²) in [5.74, 6) is -0.463. The lowest BCUT2D eigenvalue weighted by molar-refractivity contribution is 0.0696. The first-order valence-electron chi connectivity index (χ1n) is 6.99. The molecule has 0 bridgehead atoms. The Morgan fingerprint density at radius 2 is 2.17 bits per heavy atom. The van der Waals surface area contributed by atoms with Crippen LogP contribution in [0.25, 0.3) is 11.0 Å². The predicted octanol–water partition coefficient (Wildman–Crippen LogP) is 1.63. The molecule has 3 aromatic heterocycles. The van der Waals surface area contributed by atoms with Crippen molar-refractivity contribution in [2.45, 2.75) is 18.9 Å². The normalized spacial score (nSPS) is 14.1. The second kappa shape index (κ2) is 4.90. The molecule has 0 aromatic carbocycles. The van der Waals surface area contributed by atoms with Gasteiger partial charge in [0, 0.05) is 12.3 Å². The molecule has 0 aliphatic heterocycles. The smallest absolute Gasteiger partial charge is 0.335 e. The van der Waals surface area contributed by atoms with Gasteiger partial charge >= 0.3 is 5.97 Å². The molecular weight excluding hydrogens is 300 g/mol. The topological polar surface area (TPSA) is 129 Å². The van der Waals surface area contributed by atoms with E-state index in [2.05, 4.69) is 20.1 Å². The van der Waals surface area contributed by atoms with Gasteiger partial charge in [-0.2, -0.15) is 0 Å². The minimum absolute atomic E-state index is 0.0742. The first-order valence-corrected chi connectivity index (χ1v) is 6.99. The Labute approximate surface area is 129 Å². The number of carbonyl (C=O) groups is 1. The minimum Gasteiger partial charge on any atom is -0.478 e. The highest BCUT2D eigenvalue weighted by atomic mass is 16.5. The lowest BCUT2D eigenvalue weighted by Crippen LogP contribution is -1.99. The van der Waals surface area contributed by atoms with Gasteiger partial charge in [-0.1, -0.05) is 0 Å². The van der Waals surface area contributed by atoms with Crippen LogP contribution in [0.4, 0.5) is 5.82 Å². The molecule has 0 radical (unpaired) electrons. The molecule has 0 unspecified atom stereocenters. The average molecular weight is 312 g/mol. The van der Waals surface area contributed by atoms with Gasteiger partial charge in [-0.25, -0.2) is 24.4 Å². The van der Waals surface area contributed by atoms with E-state index >= 15 is 0 Å². The Kier molecular flexibility index (Phi) is 2.86. The highest BCUT2D eigenvalue weighted by Crippen LogP contribution is 2.40. The van der Waals surface area contributed by atoms with Gasteiger partial charge in [0.2, 0.25) is 5.88 Å². The lowest BCUT2D eigenvalue weighted by Gasteiger charge is -2.03. The van der Waals surface area contributed by atoms with E-state index < -0.39 is 5.97 Å². The monoisotopic (exact) mass is 312 g/mol. The first kappa shape index (κ1) is 13.4. The molecule has 0 atom stereocenters. The third-order valence-corrected chi connectivity index (χ3v) is 3.56. The SMILES string of the molecule is Nc1ncnc2c1c(Oc1cc(C(=O)O)ccn1)nn2C1CC1. The predicted molar refractivity (Wildman–Crippen MR) is 79.3 cm³/mol. The number of carboxylic acid groups (broad SMARTS) is 1. The molecular formula is C14H12N6O3. The maximum Gasteiger partial charge on any atom is 0.335 e. The molecule has 4 rings (SSSR count). The van der Waals surface area contributed by atoms with Gasteiger partial charge < -0.3 is 15.6 Å². The Morgan fingerprint density at radius 1 is 1.35 bits per heavy atom. The molecule has 3 heterocycles. The number of nitrogen functional groups attached to an aromatic ring is 1. The highest BCUT2D eigenvalue weighted by molar-refractivity contribution is 5.91. The molecule has 9 nitrogen and oxygen atoms in total. The van der Waals surface area contributed by atoms with E-state index in [1.54, 1.807) is 4.68 Å². The molecule has 1 aliphatic carbocycles. The Morgan fingerprint density at radius 3 is 2.91 bits per heavy atom. The summed E-state index contributed by atoms with van der Waals surface area (Å²) < 4.78 is 7.42. The molecule has 0 amide bonds. The maximum absolute atomic E-state index is 11.0. The highest BCUT2D eigenvalue weighted by Gasteiger charge is 2.29. The van der Waals surface area contributed by atoms with Crippen LogP contribution in [0.1, 0.15) is 29.2 Å². The number of anilines is 1. The molecule has 3 N–H and O–H groups in total. The van der Waals surface area contributed by atoms with Crippen molar-refractivity contribution in [3.05, 3.63) is 30.2 Å². The zero-order valence-electron chi connectivity index (χ0n) is 11.9. The van der Waals surface area contributed by atoms with Gasteiger partial charge in [-0.3, -0.25) is 0 Å². The molecule has 1 saturated carbocycles. The third-order valence-electron chi connectivity index (χ3n) is 3.56. The summed E-state index contributed by atoms with van der Waals surface area (Å²) in [7, 11) is 0. The molecule has 0 saturated heterocycles.